The van der Waals surface area contributed by atoms with Crippen LogP contribution in [0.25, 0.3) is 0 Å². The third kappa shape index (κ3) is 5.42. The van der Waals surface area contributed by atoms with Crippen molar-refractivity contribution >= 4 is 11.7 Å². The molecular formula is C11H12F3NO3. The smallest absolute Gasteiger partial charge is 0.465 e. The normalized spacial score (nSPS) is 10.9. The molecule has 0 amide bonds. The van der Waals surface area contributed by atoms with Crippen molar-refractivity contribution in [2.45, 2.75) is 13.3 Å². The molecule has 4 nitrogen and oxygen atoms in total. The van der Waals surface area contributed by atoms with Crippen LogP contribution < -0.4 is 10.1 Å². The van der Waals surface area contributed by atoms with Gasteiger partial charge in [0.25, 0.3) is 0 Å². The summed E-state index contributed by atoms with van der Waals surface area (Å²) in [7, 11) is 0. The van der Waals surface area contributed by atoms with E-state index in [-0.39, 0.29) is 18.9 Å². The summed E-state index contributed by atoms with van der Waals surface area (Å²) in [6, 6.07) is 5.22. The monoisotopic (exact) mass is 263 g/mol. The quantitative estimate of drug-likeness (QED) is 0.829. The van der Waals surface area contributed by atoms with E-state index in [0.29, 0.717) is 5.69 Å². The molecule has 0 aliphatic rings. The Bertz CT molecular complexity index is 407. The molecule has 0 spiro atoms. The largest absolute Gasteiger partial charge is 0.573 e. The Morgan fingerprint density at radius 1 is 1.39 bits per heavy atom. The van der Waals surface area contributed by atoms with Crippen LogP contribution in [-0.4, -0.2) is 25.5 Å². The van der Waals surface area contributed by atoms with E-state index in [2.05, 4.69) is 14.8 Å². The number of anilines is 1. The number of carbonyl (C=O) groups excluding carboxylic acids is 1. The minimum absolute atomic E-state index is 0.122. The van der Waals surface area contributed by atoms with Gasteiger partial charge in [0.2, 0.25) is 0 Å². The summed E-state index contributed by atoms with van der Waals surface area (Å²) in [5.74, 6) is -0.837. The van der Waals surface area contributed by atoms with E-state index in [9.17, 15) is 18.0 Å². The van der Waals surface area contributed by atoms with E-state index in [0.717, 1.165) is 6.07 Å². The predicted molar refractivity (Wildman–Crippen MR) is 58.2 cm³/mol. The lowest BCUT2D eigenvalue weighted by atomic mass is 10.3. The van der Waals surface area contributed by atoms with Gasteiger partial charge < -0.3 is 14.8 Å². The summed E-state index contributed by atoms with van der Waals surface area (Å²) in [5.41, 5.74) is 0.338. The summed E-state index contributed by atoms with van der Waals surface area (Å²) in [6.07, 6.45) is -4.74. The van der Waals surface area contributed by atoms with Crippen molar-refractivity contribution < 1.29 is 27.4 Å². The molecule has 0 heterocycles. The molecular weight excluding hydrogens is 251 g/mol. The van der Waals surface area contributed by atoms with Crippen LogP contribution in [-0.2, 0) is 9.53 Å². The zero-order chi connectivity index (χ0) is 13.6. The van der Waals surface area contributed by atoms with Gasteiger partial charge >= 0.3 is 12.3 Å². The summed E-state index contributed by atoms with van der Waals surface area (Å²) in [4.78, 5) is 11.0. The van der Waals surface area contributed by atoms with Crippen molar-refractivity contribution in [3.8, 4) is 5.75 Å². The molecule has 0 aliphatic carbocycles. The van der Waals surface area contributed by atoms with Gasteiger partial charge in [-0.3, -0.25) is 4.79 Å². The third-order valence-corrected chi connectivity index (χ3v) is 1.81. The average Bonchev–Trinajstić information content (AvgIpc) is 2.25. The Labute approximate surface area is 102 Å². The fraction of sp³-hybridized carbons (Fsp3) is 0.364. The molecule has 0 aliphatic heterocycles. The van der Waals surface area contributed by atoms with E-state index in [4.69, 9.17) is 0 Å². The number of esters is 1. The molecule has 0 saturated carbocycles. The van der Waals surface area contributed by atoms with Crippen LogP contribution in [0.3, 0.4) is 0 Å². The fourth-order valence-electron chi connectivity index (χ4n) is 1.19. The fourth-order valence-corrected chi connectivity index (χ4v) is 1.19. The van der Waals surface area contributed by atoms with Crippen molar-refractivity contribution in [1.29, 1.82) is 0 Å². The molecule has 7 heteroatoms. The second-order valence-electron chi connectivity index (χ2n) is 3.23. The molecule has 0 atom stereocenters. The second kappa shape index (κ2) is 6.13. The zero-order valence-electron chi connectivity index (χ0n) is 9.58. The van der Waals surface area contributed by atoms with Crippen molar-refractivity contribution in [3.05, 3.63) is 24.3 Å². The van der Waals surface area contributed by atoms with Gasteiger partial charge in [-0.15, -0.1) is 13.2 Å². The van der Waals surface area contributed by atoms with Crippen LogP contribution in [0.2, 0.25) is 0 Å². The standard InChI is InChI=1S/C11H12F3NO3/c1-2-17-10(16)7-15-8-4-3-5-9(6-8)18-11(12,13)14/h3-6,15H,2,7H2,1H3. The third-order valence-electron chi connectivity index (χ3n) is 1.81. The number of hydrogen-bond donors (Lipinski definition) is 1. The van der Waals surface area contributed by atoms with E-state index >= 15 is 0 Å². The number of hydrogen-bond acceptors (Lipinski definition) is 4. The second-order valence-corrected chi connectivity index (χ2v) is 3.23. The first kappa shape index (κ1) is 14.1. The van der Waals surface area contributed by atoms with Crippen molar-refractivity contribution in [2.24, 2.45) is 0 Å². The number of nitrogens with one attached hydrogen (secondary N) is 1. The topological polar surface area (TPSA) is 47.6 Å². The van der Waals surface area contributed by atoms with E-state index in [1.165, 1.54) is 18.2 Å². The molecule has 1 rings (SSSR count). The molecule has 100 valence electrons. The highest BCUT2D eigenvalue weighted by Crippen LogP contribution is 2.24. The van der Waals surface area contributed by atoms with Gasteiger partial charge in [-0.2, -0.15) is 0 Å². The minimum Gasteiger partial charge on any atom is -0.465 e. The van der Waals surface area contributed by atoms with Crippen LogP contribution in [0.1, 0.15) is 6.92 Å². The number of halogens is 3. The first-order chi connectivity index (χ1) is 8.40. The van der Waals surface area contributed by atoms with Gasteiger partial charge in [-0.05, 0) is 19.1 Å². The molecule has 0 unspecified atom stereocenters. The van der Waals surface area contributed by atoms with E-state index in [1.807, 2.05) is 0 Å². The van der Waals surface area contributed by atoms with Gasteiger partial charge in [0.1, 0.15) is 12.3 Å². The maximum Gasteiger partial charge on any atom is 0.573 e. The molecule has 0 aromatic heterocycles. The molecule has 0 bridgehead atoms. The van der Waals surface area contributed by atoms with Gasteiger partial charge in [0.15, 0.2) is 0 Å². The van der Waals surface area contributed by atoms with Crippen LogP contribution in [0.4, 0.5) is 18.9 Å². The SMILES string of the molecule is CCOC(=O)CNc1cccc(OC(F)(F)F)c1. The molecule has 1 aromatic carbocycles. The molecule has 0 fully saturated rings. The molecule has 18 heavy (non-hydrogen) atoms. The Morgan fingerprint density at radius 2 is 2.11 bits per heavy atom. The maximum absolute atomic E-state index is 12.0. The van der Waals surface area contributed by atoms with Crippen LogP contribution in [0.15, 0.2) is 24.3 Å². The van der Waals surface area contributed by atoms with Gasteiger partial charge in [0, 0.05) is 11.8 Å². The highest BCUT2D eigenvalue weighted by molar-refractivity contribution is 5.75. The highest BCUT2D eigenvalue weighted by Gasteiger charge is 2.31. The van der Waals surface area contributed by atoms with Gasteiger partial charge in [0.05, 0.1) is 6.61 Å². The number of ether oxygens (including phenoxy) is 2. The van der Waals surface area contributed by atoms with E-state index < -0.39 is 12.3 Å². The number of rotatable bonds is 5. The molecule has 1 N–H and O–H groups in total. The minimum atomic E-state index is -4.74. The lowest BCUT2D eigenvalue weighted by molar-refractivity contribution is -0.274. The lowest BCUT2D eigenvalue weighted by Crippen LogP contribution is -2.18. The van der Waals surface area contributed by atoms with Gasteiger partial charge in [-0.1, -0.05) is 6.07 Å². The predicted octanol–water partition coefficient (Wildman–Crippen LogP) is 2.56. The average molecular weight is 263 g/mol. The van der Waals surface area contributed by atoms with Crippen molar-refractivity contribution in [3.63, 3.8) is 0 Å². The Balaban J connectivity index is 2.57. The Hall–Kier alpha value is -1.92. The summed E-state index contributed by atoms with van der Waals surface area (Å²) in [6.45, 7) is 1.79. The molecule has 0 radical (unpaired) electrons. The van der Waals surface area contributed by atoms with Gasteiger partial charge in [-0.25, -0.2) is 0 Å². The summed E-state index contributed by atoms with van der Waals surface area (Å²) in [5, 5.41) is 2.63. The van der Waals surface area contributed by atoms with Crippen LogP contribution in [0, 0.1) is 0 Å². The van der Waals surface area contributed by atoms with E-state index in [1.54, 1.807) is 6.92 Å². The molecule has 1 aromatic rings. The first-order valence-electron chi connectivity index (χ1n) is 5.16. The Kier molecular flexibility index (Phi) is 4.82. The number of carbonyl (C=O) groups is 1. The van der Waals surface area contributed by atoms with Crippen LogP contribution in [0.5, 0.6) is 5.75 Å². The maximum atomic E-state index is 12.0. The Morgan fingerprint density at radius 3 is 2.72 bits per heavy atom. The van der Waals surface area contributed by atoms with Crippen LogP contribution >= 0.6 is 0 Å². The highest BCUT2D eigenvalue weighted by atomic mass is 19.4. The van der Waals surface area contributed by atoms with Crippen molar-refractivity contribution in [1.82, 2.24) is 0 Å². The first-order valence-corrected chi connectivity index (χ1v) is 5.16. The van der Waals surface area contributed by atoms with Crippen molar-refractivity contribution in [2.75, 3.05) is 18.5 Å². The summed E-state index contributed by atoms with van der Waals surface area (Å²) >= 11 is 0. The number of alkyl halides is 3. The lowest BCUT2D eigenvalue weighted by Gasteiger charge is -2.11. The molecule has 0 saturated heterocycles. The summed E-state index contributed by atoms with van der Waals surface area (Å²) < 4.78 is 44.3. The zero-order valence-corrected chi connectivity index (χ0v) is 9.58. The number of benzene rings is 1.